The fraction of sp³-hybridized carbons (Fsp3) is 0.0625. The van der Waals surface area contributed by atoms with Crippen molar-refractivity contribution in [2.45, 2.75) is 0 Å². The normalized spacial score (nSPS) is 10.5. The van der Waals surface area contributed by atoms with E-state index >= 15 is 0 Å². The second kappa shape index (κ2) is 5.80. The summed E-state index contributed by atoms with van der Waals surface area (Å²) in [5.74, 6) is 0.0127. The van der Waals surface area contributed by atoms with Crippen LogP contribution in [0.3, 0.4) is 0 Å². The molecule has 0 radical (unpaired) electrons. The van der Waals surface area contributed by atoms with E-state index in [1.54, 1.807) is 12.1 Å². The molecule has 116 valence electrons. The maximum absolute atomic E-state index is 12.1. The van der Waals surface area contributed by atoms with Gasteiger partial charge in [-0.05, 0) is 18.2 Å². The van der Waals surface area contributed by atoms with E-state index in [9.17, 15) is 14.9 Å². The molecule has 0 fully saturated rings. The van der Waals surface area contributed by atoms with Crippen LogP contribution < -0.4 is 5.32 Å². The van der Waals surface area contributed by atoms with Crippen LogP contribution in [-0.4, -0.2) is 23.0 Å². The number of esters is 1. The smallest absolute Gasteiger partial charge is 0.342 e. The molecule has 2 aromatic carbocycles. The first kappa shape index (κ1) is 14.6. The van der Waals surface area contributed by atoms with Crippen LogP contribution in [0.5, 0.6) is 0 Å². The number of benzene rings is 2. The van der Waals surface area contributed by atoms with Gasteiger partial charge in [0.2, 0.25) is 0 Å². The van der Waals surface area contributed by atoms with Crippen molar-refractivity contribution in [3.8, 4) is 0 Å². The molecule has 7 heteroatoms. The molecule has 0 atom stereocenters. The maximum atomic E-state index is 12.1. The van der Waals surface area contributed by atoms with Crippen LogP contribution in [0.1, 0.15) is 10.4 Å². The molecule has 0 spiro atoms. The number of methoxy groups -OCH3 is 1. The highest BCUT2D eigenvalue weighted by molar-refractivity contribution is 6.09. The Kier molecular flexibility index (Phi) is 3.68. The summed E-state index contributed by atoms with van der Waals surface area (Å²) < 4.78 is 4.84. The minimum absolute atomic E-state index is 0.000359. The quantitative estimate of drug-likeness (QED) is 0.436. The number of H-pyrrole nitrogens is 1. The summed E-state index contributed by atoms with van der Waals surface area (Å²) in [4.78, 5) is 25.4. The number of aromatic nitrogens is 1. The minimum Gasteiger partial charge on any atom is -0.465 e. The van der Waals surface area contributed by atoms with Gasteiger partial charge in [-0.3, -0.25) is 10.1 Å². The summed E-state index contributed by atoms with van der Waals surface area (Å²) in [6.45, 7) is 0. The van der Waals surface area contributed by atoms with Crippen molar-refractivity contribution in [3.05, 3.63) is 64.2 Å². The topological polar surface area (TPSA) is 97.3 Å². The molecule has 0 bridgehead atoms. The van der Waals surface area contributed by atoms with Crippen molar-refractivity contribution in [1.29, 1.82) is 0 Å². The standard InChI is InChI=1S/C16H13N3O4/c1-23-16(20)14-12-4-2-3-5-13(12)18-15(14)17-10-6-8-11(9-7-10)19(21)22/h2-9,17-18H,1H3. The van der Waals surface area contributed by atoms with Gasteiger partial charge in [-0.15, -0.1) is 0 Å². The molecule has 3 aromatic rings. The van der Waals surface area contributed by atoms with E-state index in [0.29, 0.717) is 17.1 Å². The number of ether oxygens (including phenoxy) is 1. The number of carbonyl (C=O) groups is 1. The van der Waals surface area contributed by atoms with Crippen LogP contribution in [0.25, 0.3) is 10.9 Å². The largest absolute Gasteiger partial charge is 0.465 e. The Morgan fingerprint density at radius 2 is 1.87 bits per heavy atom. The predicted octanol–water partition coefficient (Wildman–Crippen LogP) is 3.61. The first-order valence-corrected chi connectivity index (χ1v) is 6.80. The van der Waals surface area contributed by atoms with E-state index in [1.807, 2.05) is 24.3 Å². The highest BCUT2D eigenvalue weighted by Crippen LogP contribution is 2.29. The monoisotopic (exact) mass is 311 g/mol. The number of nitrogens with zero attached hydrogens (tertiary/aromatic N) is 1. The molecule has 23 heavy (non-hydrogen) atoms. The van der Waals surface area contributed by atoms with Crippen molar-refractivity contribution in [2.24, 2.45) is 0 Å². The maximum Gasteiger partial charge on any atom is 0.342 e. The van der Waals surface area contributed by atoms with Crippen LogP contribution in [-0.2, 0) is 4.74 Å². The molecule has 2 N–H and O–H groups in total. The SMILES string of the molecule is COC(=O)c1c(Nc2ccc([N+](=O)[O-])cc2)[nH]c2ccccc12. The molecule has 0 unspecified atom stereocenters. The molecule has 0 aliphatic rings. The van der Waals surface area contributed by atoms with E-state index in [-0.39, 0.29) is 5.69 Å². The first-order valence-electron chi connectivity index (χ1n) is 6.80. The number of carbonyl (C=O) groups excluding carboxylic acids is 1. The highest BCUT2D eigenvalue weighted by atomic mass is 16.6. The van der Waals surface area contributed by atoms with Gasteiger partial charge in [0.1, 0.15) is 11.4 Å². The van der Waals surface area contributed by atoms with Crippen LogP contribution in [0.4, 0.5) is 17.2 Å². The lowest BCUT2D eigenvalue weighted by Gasteiger charge is -2.06. The summed E-state index contributed by atoms with van der Waals surface area (Å²) in [5, 5.41) is 14.5. The Balaban J connectivity index is 2.02. The van der Waals surface area contributed by atoms with E-state index in [4.69, 9.17) is 4.74 Å². The molecule has 0 aliphatic carbocycles. The van der Waals surface area contributed by atoms with Gasteiger partial charge < -0.3 is 15.0 Å². The number of non-ortho nitro benzene ring substituents is 1. The van der Waals surface area contributed by atoms with Gasteiger partial charge in [-0.1, -0.05) is 18.2 Å². The zero-order valence-electron chi connectivity index (χ0n) is 12.2. The van der Waals surface area contributed by atoms with E-state index in [2.05, 4.69) is 10.3 Å². The second-order valence-electron chi connectivity index (χ2n) is 4.84. The summed E-state index contributed by atoms with van der Waals surface area (Å²) in [7, 11) is 1.32. The van der Waals surface area contributed by atoms with Crippen molar-refractivity contribution in [1.82, 2.24) is 4.98 Å². The number of hydrogen-bond acceptors (Lipinski definition) is 5. The van der Waals surface area contributed by atoms with Gasteiger partial charge >= 0.3 is 5.97 Å². The number of fused-ring (bicyclic) bond motifs is 1. The fourth-order valence-corrected chi connectivity index (χ4v) is 2.36. The number of para-hydroxylation sites is 1. The van der Waals surface area contributed by atoms with Crippen molar-refractivity contribution < 1.29 is 14.5 Å². The molecule has 0 amide bonds. The summed E-state index contributed by atoms with van der Waals surface area (Å²) in [6, 6.07) is 13.3. The van der Waals surface area contributed by atoms with Gasteiger partial charge in [0.25, 0.3) is 5.69 Å². The van der Waals surface area contributed by atoms with Gasteiger partial charge in [-0.25, -0.2) is 4.79 Å². The van der Waals surface area contributed by atoms with Crippen LogP contribution >= 0.6 is 0 Å². The number of aromatic amines is 1. The Bertz CT molecular complexity index is 884. The lowest BCUT2D eigenvalue weighted by molar-refractivity contribution is -0.384. The van der Waals surface area contributed by atoms with Crippen molar-refractivity contribution >= 4 is 34.1 Å². The lowest BCUT2D eigenvalue weighted by atomic mass is 10.1. The Morgan fingerprint density at radius 1 is 1.17 bits per heavy atom. The summed E-state index contributed by atoms with van der Waals surface area (Å²) in [6.07, 6.45) is 0. The minimum atomic E-state index is -0.466. The number of nitro groups is 1. The first-order chi connectivity index (χ1) is 11.1. The molecule has 1 heterocycles. The van der Waals surface area contributed by atoms with Crippen molar-refractivity contribution in [2.75, 3.05) is 12.4 Å². The third-order valence-corrected chi connectivity index (χ3v) is 3.44. The number of hydrogen-bond donors (Lipinski definition) is 2. The molecule has 0 saturated heterocycles. The third-order valence-electron chi connectivity index (χ3n) is 3.44. The molecule has 7 nitrogen and oxygen atoms in total. The summed E-state index contributed by atoms with van der Waals surface area (Å²) in [5.41, 5.74) is 1.80. The molecule has 0 aliphatic heterocycles. The lowest BCUT2D eigenvalue weighted by Crippen LogP contribution is -2.04. The average molecular weight is 311 g/mol. The number of nitro benzene ring substituents is 1. The molecular weight excluding hydrogens is 298 g/mol. The van der Waals surface area contributed by atoms with E-state index < -0.39 is 10.9 Å². The van der Waals surface area contributed by atoms with E-state index in [1.165, 1.54) is 19.2 Å². The van der Waals surface area contributed by atoms with Gasteiger partial charge in [-0.2, -0.15) is 0 Å². The van der Waals surface area contributed by atoms with Crippen LogP contribution in [0.15, 0.2) is 48.5 Å². The Hall–Kier alpha value is -3.35. The second-order valence-corrected chi connectivity index (χ2v) is 4.84. The molecular formula is C16H13N3O4. The van der Waals surface area contributed by atoms with Gasteiger partial charge in [0, 0.05) is 28.7 Å². The fourth-order valence-electron chi connectivity index (χ4n) is 2.36. The van der Waals surface area contributed by atoms with Crippen molar-refractivity contribution in [3.63, 3.8) is 0 Å². The van der Waals surface area contributed by atoms with E-state index in [0.717, 1.165) is 10.9 Å². The summed E-state index contributed by atoms with van der Waals surface area (Å²) >= 11 is 0. The Labute approximate surface area is 131 Å². The van der Waals surface area contributed by atoms with Gasteiger partial charge in [0.15, 0.2) is 0 Å². The Morgan fingerprint density at radius 3 is 2.52 bits per heavy atom. The van der Waals surface area contributed by atoms with Gasteiger partial charge in [0.05, 0.1) is 12.0 Å². The molecule has 1 aromatic heterocycles. The molecule has 3 rings (SSSR count). The predicted molar refractivity (Wildman–Crippen MR) is 86.0 cm³/mol. The number of nitrogens with one attached hydrogen (secondary N) is 2. The van der Waals surface area contributed by atoms with Crippen LogP contribution in [0, 0.1) is 10.1 Å². The molecule has 0 saturated carbocycles. The van der Waals surface area contributed by atoms with Crippen LogP contribution in [0.2, 0.25) is 0 Å². The number of rotatable bonds is 4. The number of anilines is 2. The third kappa shape index (κ3) is 2.71. The zero-order valence-corrected chi connectivity index (χ0v) is 12.2. The zero-order chi connectivity index (χ0) is 16.4. The average Bonchev–Trinajstić information content (AvgIpc) is 2.92. The highest BCUT2D eigenvalue weighted by Gasteiger charge is 2.19.